The molecule has 0 spiro atoms. The van der Waals surface area contributed by atoms with Crippen LogP contribution in [0.5, 0.6) is 0 Å². The van der Waals surface area contributed by atoms with E-state index in [1.54, 1.807) is 0 Å². The fourth-order valence-corrected chi connectivity index (χ4v) is 5.51. The predicted octanol–water partition coefficient (Wildman–Crippen LogP) is 4.16. The minimum Gasteiger partial charge on any atom is -0.465 e. The molecule has 1 aliphatic heterocycles. The van der Waals surface area contributed by atoms with Crippen molar-refractivity contribution in [3.8, 4) is 0 Å². The Morgan fingerprint density at radius 2 is 2.04 bits per heavy atom. The quantitative estimate of drug-likeness (QED) is 0.648. The highest BCUT2D eigenvalue weighted by Gasteiger charge is 2.30. The fourth-order valence-electron chi connectivity index (χ4n) is 3.40. The Hall–Kier alpha value is -2.29. The second kappa shape index (κ2) is 7.62. The number of rotatable bonds is 4. The highest BCUT2D eigenvalue weighted by molar-refractivity contribution is 7.20. The van der Waals surface area contributed by atoms with E-state index in [9.17, 15) is 9.59 Å². The van der Waals surface area contributed by atoms with Crippen LogP contribution >= 0.6 is 22.7 Å². The van der Waals surface area contributed by atoms with Gasteiger partial charge in [0.2, 0.25) is 0 Å². The molecular weight excluding hydrogens is 394 g/mol. The summed E-state index contributed by atoms with van der Waals surface area (Å²) < 4.78 is 5.96. The van der Waals surface area contributed by atoms with Crippen LogP contribution in [0, 0.1) is 0 Å². The molecule has 8 heteroatoms. The lowest BCUT2D eigenvalue weighted by molar-refractivity contribution is 0.0600. The molecule has 1 aliphatic rings. The van der Waals surface area contributed by atoms with Gasteiger partial charge in [-0.1, -0.05) is 12.1 Å². The van der Waals surface area contributed by atoms with E-state index in [2.05, 4.69) is 29.0 Å². The number of anilines is 1. The van der Waals surface area contributed by atoms with Crippen molar-refractivity contribution in [2.75, 3.05) is 19.0 Å². The molecule has 3 aromatic rings. The number of para-hydroxylation sites is 1. The van der Waals surface area contributed by atoms with Crippen LogP contribution in [0.15, 0.2) is 24.3 Å². The number of benzene rings is 1. The van der Waals surface area contributed by atoms with Gasteiger partial charge in [-0.3, -0.25) is 9.69 Å². The van der Waals surface area contributed by atoms with E-state index in [0.717, 1.165) is 40.2 Å². The van der Waals surface area contributed by atoms with Crippen molar-refractivity contribution in [2.45, 2.75) is 32.9 Å². The van der Waals surface area contributed by atoms with Gasteiger partial charge in [0.1, 0.15) is 5.00 Å². The van der Waals surface area contributed by atoms with E-state index in [0.29, 0.717) is 21.6 Å². The van der Waals surface area contributed by atoms with Gasteiger partial charge in [-0.15, -0.1) is 22.7 Å². The van der Waals surface area contributed by atoms with E-state index in [1.165, 1.54) is 29.8 Å². The van der Waals surface area contributed by atoms with Gasteiger partial charge in [0.05, 0.1) is 22.9 Å². The van der Waals surface area contributed by atoms with Crippen molar-refractivity contribution in [1.29, 1.82) is 0 Å². The first-order valence-corrected chi connectivity index (χ1v) is 10.7. The Morgan fingerprint density at radius 1 is 1.25 bits per heavy atom. The first-order valence-electron chi connectivity index (χ1n) is 9.11. The van der Waals surface area contributed by atoms with Crippen LogP contribution in [-0.4, -0.2) is 41.5 Å². The number of amides is 1. The number of carbonyl (C=O) groups is 2. The molecule has 0 saturated heterocycles. The molecule has 28 heavy (non-hydrogen) atoms. The maximum atomic E-state index is 12.8. The molecule has 0 fully saturated rings. The van der Waals surface area contributed by atoms with Gasteiger partial charge in [-0.05, 0) is 38.0 Å². The molecule has 1 amide bonds. The van der Waals surface area contributed by atoms with Crippen molar-refractivity contribution in [3.05, 3.63) is 45.3 Å². The van der Waals surface area contributed by atoms with E-state index in [-0.39, 0.29) is 5.91 Å². The van der Waals surface area contributed by atoms with E-state index >= 15 is 0 Å². The van der Waals surface area contributed by atoms with Crippen LogP contribution < -0.4 is 5.32 Å². The number of nitrogens with zero attached hydrogens (tertiary/aromatic N) is 2. The number of carbonyl (C=O) groups excluding carboxylic acids is 2. The average Bonchev–Trinajstić information content (AvgIpc) is 3.27. The number of ether oxygens (including phenoxy) is 1. The van der Waals surface area contributed by atoms with Gasteiger partial charge < -0.3 is 10.1 Å². The smallest absolute Gasteiger partial charge is 0.341 e. The SMILES string of the molecule is COC(=O)c1c(NC(=O)c2nc3ccccc3s2)sc2c1CCN(C(C)C)C2. The maximum absolute atomic E-state index is 12.8. The molecule has 146 valence electrons. The number of hydrogen-bond donors (Lipinski definition) is 1. The highest BCUT2D eigenvalue weighted by atomic mass is 32.1. The molecule has 0 aliphatic carbocycles. The number of thiazole rings is 1. The molecule has 1 N–H and O–H groups in total. The minimum atomic E-state index is -0.407. The summed E-state index contributed by atoms with van der Waals surface area (Å²) in [5.74, 6) is -0.708. The van der Waals surface area contributed by atoms with E-state index in [4.69, 9.17) is 4.74 Å². The van der Waals surface area contributed by atoms with Gasteiger partial charge >= 0.3 is 5.97 Å². The molecule has 0 atom stereocenters. The van der Waals surface area contributed by atoms with Crippen molar-refractivity contribution in [2.24, 2.45) is 0 Å². The normalized spacial score (nSPS) is 14.3. The first-order chi connectivity index (χ1) is 13.5. The standard InChI is InChI=1S/C20H21N3O3S2/c1-11(2)23-9-8-12-15(10-23)28-18(16(12)20(25)26-3)22-17(24)19-21-13-6-4-5-7-14(13)27-19/h4-7,11H,8-10H2,1-3H3,(H,22,24). The summed E-state index contributed by atoms with van der Waals surface area (Å²) in [5, 5.41) is 3.84. The molecule has 0 radical (unpaired) electrons. The largest absolute Gasteiger partial charge is 0.465 e. The number of methoxy groups -OCH3 is 1. The number of aromatic nitrogens is 1. The van der Waals surface area contributed by atoms with Crippen LogP contribution in [0.2, 0.25) is 0 Å². The van der Waals surface area contributed by atoms with Crippen molar-refractivity contribution >= 4 is 49.8 Å². The van der Waals surface area contributed by atoms with Gasteiger partial charge in [-0.2, -0.15) is 0 Å². The number of esters is 1. The van der Waals surface area contributed by atoms with Crippen molar-refractivity contribution in [3.63, 3.8) is 0 Å². The Morgan fingerprint density at radius 3 is 2.75 bits per heavy atom. The minimum absolute atomic E-state index is 0.300. The van der Waals surface area contributed by atoms with Crippen LogP contribution in [-0.2, 0) is 17.7 Å². The molecule has 0 saturated carbocycles. The van der Waals surface area contributed by atoms with Gasteiger partial charge in [-0.25, -0.2) is 9.78 Å². The second-order valence-corrected chi connectivity index (χ2v) is 9.09. The maximum Gasteiger partial charge on any atom is 0.341 e. The number of thiophene rings is 1. The third kappa shape index (κ3) is 3.43. The summed E-state index contributed by atoms with van der Waals surface area (Å²) >= 11 is 2.80. The van der Waals surface area contributed by atoms with Crippen LogP contribution in [0.4, 0.5) is 5.00 Å². The lowest BCUT2D eigenvalue weighted by Crippen LogP contribution is -2.35. The summed E-state index contributed by atoms with van der Waals surface area (Å²) in [6.07, 6.45) is 0.769. The van der Waals surface area contributed by atoms with Crippen LogP contribution in [0.25, 0.3) is 10.2 Å². The second-order valence-electron chi connectivity index (χ2n) is 6.95. The van der Waals surface area contributed by atoms with Gasteiger partial charge in [0.25, 0.3) is 5.91 Å². The average molecular weight is 416 g/mol. The predicted molar refractivity (Wildman–Crippen MR) is 112 cm³/mol. The molecule has 0 bridgehead atoms. The Balaban J connectivity index is 1.66. The van der Waals surface area contributed by atoms with E-state index < -0.39 is 5.97 Å². The van der Waals surface area contributed by atoms with E-state index in [1.807, 2.05) is 24.3 Å². The zero-order valence-electron chi connectivity index (χ0n) is 15.9. The summed E-state index contributed by atoms with van der Waals surface area (Å²) in [4.78, 5) is 33.1. The third-order valence-electron chi connectivity index (χ3n) is 4.92. The zero-order chi connectivity index (χ0) is 19.8. The summed E-state index contributed by atoms with van der Waals surface area (Å²) in [6.45, 7) is 5.99. The molecule has 6 nitrogen and oxygen atoms in total. The lowest BCUT2D eigenvalue weighted by Gasteiger charge is -2.30. The summed E-state index contributed by atoms with van der Waals surface area (Å²) in [6, 6.07) is 8.07. The zero-order valence-corrected chi connectivity index (χ0v) is 17.6. The molecule has 3 heterocycles. The molecule has 0 unspecified atom stereocenters. The monoisotopic (exact) mass is 415 g/mol. The number of nitrogens with one attached hydrogen (secondary N) is 1. The fraction of sp³-hybridized carbons (Fsp3) is 0.350. The molecular formula is C20H21N3O3S2. The van der Waals surface area contributed by atoms with Crippen LogP contribution in [0.3, 0.4) is 0 Å². The topological polar surface area (TPSA) is 71.5 Å². The summed E-state index contributed by atoms with van der Waals surface area (Å²) in [7, 11) is 1.37. The summed E-state index contributed by atoms with van der Waals surface area (Å²) in [5.41, 5.74) is 2.28. The van der Waals surface area contributed by atoms with Crippen molar-refractivity contribution < 1.29 is 14.3 Å². The number of fused-ring (bicyclic) bond motifs is 2. The number of hydrogen-bond acceptors (Lipinski definition) is 7. The van der Waals surface area contributed by atoms with Crippen LogP contribution in [0.1, 0.15) is 44.4 Å². The first kappa shape index (κ1) is 19.0. The van der Waals surface area contributed by atoms with Crippen molar-refractivity contribution in [1.82, 2.24) is 9.88 Å². The molecule has 1 aromatic carbocycles. The Kier molecular flexibility index (Phi) is 5.18. The third-order valence-corrected chi connectivity index (χ3v) is 7.09. The highest BCUT2D eigenvalue weighted by Crippen LogP contribution is 2.38. The lowest BCUT2D eigenvalue weighted by atomic mass is 10.0. The van der Waals surface area contributed by atoms with Gasteiger partial charge in [0.15, 0.2) is 5.01 Å². The molecule has 4 rings (SSSR count). The molecule has 2 aromatic heterocycles. The van der Waals surface area contributed by atoms with Gasteiger partial charge in [0, 0.05) is 24.0 Å². The Bertz CT molecular complexity index is 1020. The Labute approximate surface area is 171 Å².